The third-order valence-corrected chi connectivity index (χ3v) is 5.66. The smallest absolute Gasteiger partial charge is 0.239 e. The third kappa shape index (κ3) is 4.09. The van der Waals surface area contributed by atoms with Gasteiger partial charge in [-0.2, -0.15) is 0 Å². The van der Waals surface area contributed by atoms with Gasteiger partial charge in [0.05, 0.1) is 20.3 Å². The molecule has 138 valence electrons. The van der Waals surface area contributed by atoms with Gasteiger partial charge in [-0.25, -0.2) is 0 Å². The van der Waals surface area contributed by atoms with Gasteiger partial charge in [0.25, 0.3) is 0 Å². The van der Waals surface area contributed by atoms with Crippen LogP contribution < -0.4 is 15.2 Å². The first-order valence-corrected chi connectivity index (χ1v) is 9.40. The molecule has 1 aliphatic carbocycles. The second-order valence-corrected chi connectivity index (χ2v) is 7.33. The number of hydrogen-bond donors (Lipinski definition) is 1. The minimum absolute atomic E-state index is 0.0889. The average molecular weight is 346 g/mol. The predicted octanol–water partition coefficient (Wildman–Crippen LogP) is 2.89. The summed E-state index contributed by atoms with van der Waals surface area (Å²) in [6.45, 7) is 1.33. The van der Waals surface area contributed by atoms with Gasteiger partial charge >= 0.3 is 0 Å². The van der Waals surface area contributed by atoms with Crippen molar-refractivity contribution in [2.45, 2.75) is 57.5 Å². The van der Waals surface area contributed by atoms with Gasteiger partial charge in [-0.3, -0.25) is 4.79 Å². The van der Waals surface area contributed by atoms with Gasteiger partial charge in [0.2, 0.25) is 5.91 Å². The molecule has 3 rings (SSSR count). The molecule has 1 saturated carbocycles. The topological polar surface area (TPSA) is 64.8 Å². The lowest BCUT2D eigenvalue weighted by molar-refractivity contribution is -0.134. The highest BCUT2D eigenvalue weighted by atomic mass is 16.5. The Kier molecular flexibility index (Phi) is 5.84. The maximum absolute atomic E-state index is 12.8. The third-order valence-electron chi connectivity index (χ3n) is 5.66. The molecule has 2 aliphatic rings. The Morgan fingerprint density at radius 3 is 2.44 bits per heavy atom. The number of methoxy groups -OCH3 is 2. The lowest BCUT2D eigenvalue weighted by atomic mass is 9.84. The van der Waals surface area contributed by atoms with Crippen LogP contribution in [0, 0.1) is 5.92 Å². The SMILES string of the molecule is COc1cc2c(cc1OC)CN(C(=O)C(N)CC1CCCCC1)CC2. The normalized spacial score (nSPS) is 19.2. The number of rotatable bonds is 5. The molecular weight excluding hydrogens is 316 g/mol. The molecule has 1 aromatic rings. The number of fused-ring (bicyclic) bond motifs is 1. The molecule has 0 spiro atoms. The van der Waals surface area contributed by atoms with E-state index in [-0.39, 0.29) is 11.9 Å². The fourth-order valence-electron chi connectivity index (χ4n) is 4.19. The number of hydrogen-bond acceptors (Lipinski definition) is 4. The molecule has 25 heavy (non-hydrogen) atoms. The molecule has 1 fully saturated rings. The molecule has 5 nitrogen and oxygen atoms in total. The number of carbonyl (C=O) groups is 1. The highest BCUT2D eigenvalue weighted by molar-refractivity contribution is 5.82. The van der Waals surface area contributed by atoms with E-state index in [9.17, 15) is 4.79 Å². The van der Waals surface area contributed by atoms with Crippen molar-refractivity contribution in [3.8, 4) is 11.5 Å². The van der Waals surface area contributed by atoms with E-state index in [1.54, 1.807) is 14.2 Å². The second-order valence-electron chi connectivity index (χ2n) is 7.33. The zero-order valence-electron chi connectivity index (χ0n) is 15.4. The highest BCUT2D eigenvalue weighted by Gasteiger charge is 2.28. The Bertz CT molecular complexity index is 611. The van der Waals surface area contributed by atoms with Gasteiger partial charge in [0, 0.05) is 13.1 Å². The first kappa shape index (κ1) is 18.1. The molecule has 2 N–H and O–H groups in total. The number of ether oxygens (including phenoxy) is 2. The van der Waals surface area contributed by atoms with Gasteiger partial charge in [0.1, 0.15) is 0 Å². The molecule has 0 saturated heterocycles. The van der Waals surface area contributed by atoms with E-state index >= 15 is 0 Å². The molecular formula is C20H30N2O3. The van der Waals surface area contributed by atoms with Crippen LogP contribution in [0.15, 0.2) is 12.1 Å². The van der Waals surface area contributed by atoms with Crippen LogP contribution in [-0.2, 0) is 17.8 Å². The number of amides is 1. The number of benzene rings is 1. The summed E-state index contributed by atoms with van der Waals surface area (Å²) in [4.78, 5) is 14.7. The Hall–Kier alpha value is -1.75. The lowest BCUT2D eigenvalue weighted by Gasteiger charge is -2.32. The van der Waals surface area contributed by atoms with Crippen LogP contribution in [-0.4, -0.2) is 37.6 Å². The number of nitrogens with two attached hydrogens (primary N) is 1. The van der Waals surface area contributed by atoms with Crippen molar-refractivity contribution in [1.29, 1.82) is 0 Å². The predicted molar refractivity (Wildman–Crippen MR) is 97.8 cm³/mol. The number of nitrogens with zero attached hydrogens (tertiary/aromatic N) is 1. The Balaban J connectivity index is 1.65. The summed E-state index contributed by atoms with van der Waals surface area (Å²) < 4.78 is 10.8. The summed E-state index contributed by atoms with van der Waals surface area (Å²) in [7, 11) is 3.28. The van der Waals surface area contributed by atoms with Crippen molar-refractivity contribution in [3.05, 3.63) is 23.3 Å². The van der Waals surface area contributed by atoms with E-state index in [1.165, 1.54) is 37.7 Å². The first-order chi connectivity index (χ1) is 12.1. The molecule has 5 heteroatoms. The summed E-state index contributed by atoms with van der Waals surface area (Å²) in [5.74, 6) is 2.16. The van der Waals surface area contributed by atoms with Crippen LogP contribution in [0.5, 0.6) is 11.5 Å². The van der Waals surface area contributed by atoms with Crippen molar-refractivity contribution in [1.82, 2.24) is 4.90 Å². The van der Waals surface area contributed by atoms with E-state index < -0.39 is 0 Å². The van der Waals surface area contributed by atoms with Crippen LogP contribution in [0.4, 0.5) is 0 Å². The Labute approximate surface area is 150 Å². The van der Waals surface area contributed by atoms with Gasteiger partial charge in [-0.05, 0) is 42.0 Å². The van der Waals surface area contributed by atoms with E-state index in [0.29, 0.717) is 18.2 Å². The van der Waals surface area contributed by atoms with E-state index in [0.717, 1.165) is 30.7 Å². The minimum atomic E-state index is -0.371. The number of carbonyl (C=O) groups excluding carboxylic acids is 1. The van der Waals surface area contributed by atoms with Crippen LogP contribution >= 0.6 is 0 Å². The zero-order chi connectivity index (χ0) is 17.8. The van der Waals surface area contributed by atoms with Gasteiger partial charge in [0.15, 0.2) is 11.5 Å². The Morgan fingerprint density at radius 1 is 1.16 bits per heavy atom. The van der Waals surface area contributed by atoms with Crippen LogP contribution in [0.1, 0.15) is 49.7 Å². The molecule has 1 amide bonds. The lowest BCUT2D eigenvalue weighted by Crippen LogP contribution is -2.46. The molecule has 0 aromatic heterocycles. The van der Waals surface area contributed by atoms with Crippen LogP contribution in [0.25, 0.3) is 0 Å². The quantitative estimate of drug-likeness (QED) is 0.890. The summed E-state index contributed by atoms with van der Waals surface area (Å²) >= 11 is 0. The van der Waals surface area contributed by atoms with Crippen molar-refractivity contribution in [2.24, 2.45) is 11.7 Å². The first-order valence-electron chi connectivity index (χ1n) is 9.40. The van der Waals surface area contributed by atoms with Crippen LogP contribution in [0.3, 0.4) is 0 Å². The maximum Gasteiger partial charge on any atom is 0.239 e. The average Bonchev–Trinajstić information content (AvgIpc) is 2.66. The van der Waals surface area contributed by atoms with Crippen molar-refractivity contribution in [3.63, 3.8) is 0 Å². The van der Waals surface area contributed by atoms with Crippen molar-refractivity contribution >= 4 is 5.91 Å². The molecule has 1 aromatic carbocycles. The highest BCUT2D eigenvalue weighted by Crippen LogP contribution is 2.33. The van der Waals surface area contributed by atoms with Gasteiger partial charge < -0.3 is 20.1 Å². The fourth-order valence-corrected chi connectivity index (χ4v) is 4.19. The van der Waals surface area contributed by atoms with Gasteiger partial charge in [-0.1, -0.05) is 32.1 Å². The summed E-state index contributed by atoms with van der Waals surface area (Å²) in [5.41, 5.74) is 8.62. The van der Waals surface area contributed by atoms with E-state index in [1.807, 2.05) is 17.0 Å². The summed E-state index contributed by atoms with van der Waals surface area (Å²) in [6.07, 6.45) is 8.00. The molecule has 0 radical (unpaired) electrons. The molecule has 1 heterocycles. The monoisotopic (exact) mass is 346 g/mol. The van der Waals surface area contributed by atoms with Crippen LogP contribution in [0.2, 0.25) is 0 Å². The fraction of sp³-hybridized carbons (Fsp3) is 0.650. The van der Waals surface area contributed by atoms with Crippen molar-refractivity contribution in [2.75, 3.05) is 20.8 Å². The maximum atomic E-state index is 12.8. The summed E-state index contributed by atoms with van der Waals surface area (Å²) in [5, 5.41) is 0. The van der Waals surface area contributed by atoms with E-state index in [4.69, 9.17) is 15.2 Å². The van der Waals surface area contributed by atoms with Gasteiger partial charge in [-0.15, -0.1) is 0 Å². The van der Waals surface area contributed by atoms with E-state index in [2.05, 4.69) is 0 Å². The standard InChI is InChI=1S/C20H30N2O3/c1-24-18-11-15-8-9-22(13-16(15)12-19(18)25-2)20(23)17(21)10-14-6-4-3-5-7-14/h11-12,14,17H,3-10,13,21H2,1-2H3. The largest absolute Gasteiger partial charge is 0.493 e. The zero-order valence-corrected chi connectivity index (χ0v) is 15.4. The van der Waals surface area contributed by atoms with Crippen molar-refractivity contribution < 1.29 is 14.3 Å². The molecule has 1 unspecified atom stereocenters. The second kappa shape index (κ2) is 8.09. The Morgan fingerprint density at radius 2 is 1.80 bits per heavy atom. The molecule has 0 bridgehead atoms. The minimum Gasteiger partial charge on any atom is -0.493 e. The molecule has 1 aliphatic heterocycles. The molecule has 1 atom stereocenters. The summed E-state index contributed by atoms with van der Waals surface area (Å²) in [6, 6.07) is 3.64.